The normalized spacial score (nSPS) is 17.6. The molecule has 0 radical (unpaired) electrons. The van der Waals surface area contributed by atoms with Crippen LogP contribution in [-0.2, 0) is 4.79 Å². The Hall–Kier alpha value is -3.16. The van der Waals surface area contributed by atoms with E-state index in [4.69, 9.17) is 4.74 Å². The molecule has 1 aliphatic heterocycles. The maximum absolute atomic E-state index is 11.9. The summed E-state index contributed by atoms with van der Waals surface area (Å²) in [6.07, 6.45) is 1.57. The molecule has 2 aromatic heterocycles. The van der Waals surface area contributed by atoms with Gasteiger partial charge in [-0.05, 0) is 37.3 Å². The van der Waals surface area contributed by atoms with Gasteiger partial charge in [0.2, 0.25) is 11.6 Å². The first-order valence-corrected chi connectivity index (χ1v) is 8.04. The lowest BCUT2D eigenvalue weighted by atomic mass is 10.1. The van der Waals surface area contributed by atoms with Gasteiger partial charge in [0.25, 0.3) is 0 Å². The summed E-state index contributed by atoms with van der Waals surface area (Å²) in [4.78, 5) is 13.9. The molecule has 128 valence electrons. The van der Waals surface area contributed by atoms with Gasteiger partial charge in [0.05, 0.1) is 25.0 Å². The topological polar surface area (TPSA) is 84.6 Å². The summed E-state index contributed by atoms with van der Waals surface area (Å²) in [5.74, 6) is 0.787. The maximum Gasteiger partial charge on any atom is 0.239 e. The highest BCUT2D eigenvalue weighted by atomic mass is 16.5. The van der Waals surface area contributed by atoms with Crippen molar-refractivity contribution < 1.29 is 9.53 Å². The van der Waals surface area contributed by atoms with E-state index in [1.54, 1.807) is 18.0 Å². The Morgan fingerprint density at radius 1 is 1.28 bits per heavy atom. The van der Waals surface area contributed by atoms with Crippen LogP contribution in [0, 0.1) is 0 Å². The van der Waals surface area contributed by atoms with Crippen LogP contribution in [0.15, 0.2) is 36.7 Å². The Balaban J connectivity index is 1.80. The number of rotatable bonds is 3. The van der Waals surface area contributed by atoms with E-state index in [9.17, 15) is 4.79 Å². The van der Waals surface area contributed by atoms with Gasteiger partial charge in [-0.1, -0.05) is 0 Å². The number of hydrogen-bond acceptors (Lipinski definition) is 6. The minimum Gasteiger partial charge on any atom is -0.497 e. The molecular weight excluding hydrogens is 320 g/mol. The first-order chi connectivity index (χ1) is 12.1. The number of fused-ring (bicyclic) bond motifs is 1. The van der Waals surface area contributed by atoms with Crippen molar-refractivity contribution in [1.29, 1.82) is 0 Å². The van der Waals surface area contributed by atoms with Crippen LogP contribution in [0.25, 0.3) is 16.9 Å². The third-order valence-corrected chi connectivity index (χ3v) is 4.21. The van der Waals surface area contributed by atoms with Crippen LogP contribution in [0.1, 0.15) is 6.92 Å². The average Bonchev–Trinajstić information content (AvgIpc) is 3.08. The van der Waals surface area contributed by atoms with Crippen LogP contribution in [0.5, 0.6) is 5.75 Å². The third-order valence-electron chi connectivity index (χ3n) is 4.21. The number of carbonyl (C=O) groups excluding carboxylic acids is 1. The number of hydrogen-bond donors (Lipinski definition) is 1. The first kappa shape index (κ1) is 15.4. The summed E-state index contributed by atoms with van der Waals surface area (Å²) in [7, 11) is 1.64. The van der Waals surface area contributed by atoms with Crippen LogP contribution in [0.2, 0.25) is 0 Å². The lowest BCUT2D eigenvalue weighted by molar-refractivity contribution is -0.121. The van der Waals surface area contributed by atoms with E-state index in [-0.39, 0.29) is 11.9 Å². The summed E-state index contributed by atoms with van der Waals surface area (Å²) in [5, 5.41) is 15.6. The first-order valence-electron chi connectivity index (χ1n) is 8.04. The fraction of sp³-hybridized carbons (Fsp3) is 0.294. The molecule has 0 bridgehead atoms. The maximum atomic E-state index is 11.9. The van der Waals surface area contributed by atoms with Gasteiger partial charge in [-0.3, -0.25) is 4.79 Å². The average molecular weight is 338 g/mol. The van der Waals surface area contributed by atoms with Crippen LogP contribution in [-0.4, -0.2) is 52.0 Å². The predicted molar refractivity (Wildman–Crippen MR) is 92.6 cm³/mol. The molecule has 1 aliphatic rings. The van der Waals surface area contributed by atoms with Crippen molar-refractivity contribution in [3.63, 3.8) is 0 Å². The monoisotopic (exact) mass is 338 g/mol. The number of nitrogens with zero attached hydrogens (tertiary/aromatic N) is 5. The van der Waals surface area contributed by atoms with Crippen LogP contribution >= 0.6 is 0 Å². The molecule has 1 fully saturated rings. The van der Waals surface area contributed by atoms with E-state index in [2.05, 4.69) is 20.6 Å². The number of ether oxygens (including phenoxy) is 1. The van der Waals surface area contributed by atoms with E-state index < -0.39 is 0 Å². The highest BCUT2D eigenvalue weighted by molar-refractivity contribution is 5.86. The summed E-state index contributed by atoms with van der Waals surface area (Å²) >= 11 is 0. The smallest absolute Gasteiger partial charge is 0.239 e. The Bertz CT molecular complexity index is 921. The minimum atomic E-state index is -0.000718. The van der Waals surface area contributed by atoms with Gasteiger partial charge in [-0.25, -0.2) is 0 Å². The van der Waals surface area contributed by atoms with Gasteiger partial charge < -0.3 is 15.0 Å². The molecule has 1 saturated heterocycles. The third kappa shape index (κ3) is 2.86. The van der Waals surface area contributed by atoms with Crippen molar-refractivity contribution in [3.05, 3.63) is 36.7 Å². The van der Waals surface area contributed by atoms with Crippen LogP contribution in [0.3, 0.4) is 0 Å². The molecule has 1 N–H and O–H groups in total. The molecule has 0 spiro atoms. The van der Waals surface area contributed by atoms with Crippen molar-refractivity contribution in [2.75, 3.05) is 25.1 Å². The van der Waals surface area contributed by atoms with Gasteiger partial charge in [-0.2, -0.15) is 9.61 Å². The van der Waals surface area contributed by atoms with Gasteiger partial charge in [0.15, 0.2) is 0 Å². The molecule has 3 aromatic rings. The van der Waals surface area contributed by atoms with E-state index in [1.807, 2.05) is 42.2 Å². The molecule has 3 heterocycles. The molecule has 4 rings (SSSR count). The Morgan fingerprint density at radius 3 is 2.80 bits per heavy atom. The van der Waals surface area contributed by atoms with E-state index in [0.29, 0.717) is 18.7 Å². The molecule has 1 aromatic carbocycles. The number of carbonyl (C=O) groups is 1. The Labute approximate surface area is 144 Å². The molecule has 0 saturated carbocycles. The summed E-state index contributed by atoms with van der Waals surface area (Å²) in [6, 6.07) is 9.71. The van der Waals surface area contributed by atoms with E-state index in [0.717, 1.165) is 22.7 Å². The second-order valence-corrected chi connectivity index (χ2v) is 6.09. The van der Waals surface area contributed by atoms with Gasteiger partial charge in [0.1, 0.15) is 12.1 Å². The zero-order valence-electron chi connectivity index (χ0n) is 14.0. The number of amides is 1. The van der Waals surface area contributed by atoms with Crippen LogP contribution < -0.4 is 15.0 Å². The standard InChI is InChI=1S/C17H18N6O2/c1-11-8-22(9-16(24)19-11)15-7-14(21-23-10-18-20-17(15)23)12-3-5-13(25-2)6-4-12/h3-7,10-11H,8-9H2,1-2H3,(H,19,24)/t11-/m0/s1. The molecule has 1 amide bonds. The minimum absolute atomic E-state index is 0.000718. The SMILES string of the molecule is COc1ccc(-c2cc(N3CC(=O)N[C@@H](C)C3)c3nncn3n2)cc1. The van der Waals surface area contributed by atoms with Gasteiger partial charge in [-0.15, -0.1) is 10.2 Å². The number of benzene rings is 1. The molecule has 0 aliphatic carbocycles. The van der Waals surface area contributed by atoms with Crippen LogP contribution in [0.4, 0.5) is 5.69 Å². The van der Waals surface area contributed by atoms with E-state index in [1.165, 1.54) is 0 Å². The van der Waals surface area contributed by atoms with E-state index >= 15 is 0 Å². The van der Waals surface area contributed by atoms with Gasteiger partial charge >= 0.3 is 0 Å². The number of anilines is 1. The predicted octanol–water partition coefficient (Wildman–Crippen LogP) is 1.12. The summed E-state index contributed by atoms with van der Waals surface area (Å²) in [5.41, 5.74) is 3.22. The van der Waals surface area contributed by atoms with Crippen molar-refractivity contribution in [3.8, 4) is 17.0 Å². The number of nitrogens with one attached hydrogen (secondary N) is 1. The van der Waals surface area contributed by atoms with Gasteiger partial charge in [0, 0.05) is 18.2 Å². The van der Waals surface area contributed by atoms with Crippen molar-refractivity contribution >= 4 is 17.2 Å². The zero-order valence-corrected chi connectivity index (χ0v) is 14.0. The number of aromatic nitrogens is 4. The van der Waals surface area contributed by atoms with Crippen molar-refractivity contribution in [2.45, 2.75) is 13.0 Å². The Kier molecular flexibility index (Phi) is 3.72. The molecule has 0 unspecified atom stereocenters. The quantitative estimate of drug-likeness (QED) is 0.770. The molecule has 8 nitrogen and oxygen atoms in total. The second kappa shape index (κ2) is 6.04. The fourth-order valence-corrected chi connectivity index (χ4v) is 3.06. The second-order valence-electron chi connectivity index (χ2n) is 6.09. The highest BCUT2D eigenvalue weighted by Crippen LogP contribution is 2.28. The molecule has 8 heteroatoms. The molecule has 25 heavy (non-hydrogen) atoms. The number of methoxy groups -OCH3 is 1. The molecular formula is C17H18N6O2. The fourth-order valence-electron chi connectivity index (χ4n) is 3.06. The molecule has 1 atom stereocenters. The summed E-state index contributed by atoms with van der Waals surface area (Å²) in [6.45, 7) is 2.98. The Morgan fingerprint density at radius 2 is 2.08 bits per heavy atom. The number of piperazine rings is 1. The zero-order chi connectivity index (χ0) is 17.4. The lowest BCUT2D eigenvalue weighted by Gasteiger charge is -2.32. The van der Waals surface area contributed by atoms with Crippen molar-refractivity contribution in [1.82, 2.24) is 25.1 Å². The van der Waals surface area contributed by atoms with Crippen molar-refractivity contribution in [2.24, 2.45) is 0 Å². The largest absolute Gasteiger partial charge is 0.497 e. The summed E-state index contributed by atoms with van der Waals surface area (Å²) < 4.78 is 6.85. The highest BCUT2D eigenvalue weighted by Gasteiger charge is 2.25. The lowest BCUT2D eigenvalue weighted by Crippen LogP contribution is -2.53.